The van der Waals surface area contributed by atoms with Crippen LogP contribution in [0.5, 0.6) is 0 Å². The molecule has 1 heterocycles. The largest absolute Gasteiger partial charge is 0.311 e. The molecule has 0 amide bonds. The first kappa shape index (κ1) is 14.0. The van der Waals surface area contributed by atoms with Gasteiger partial charge < -0.3 is 5.32 Å². The molecule has 1 aliphatic heterocycles. The molecule has 0 aromatic carbocycles. The molecule has 0 aromatic rings. The first-order valence-electron chi connectivity index (χ1n) is 7.37. The molecule has 2 unspecified atom stereocenters. The maximum atomic E-state index is 3.45. The third kappa shape index (κ3) is 4.86. The normalized spacial score (nSPS) is 25.1. The number of nitrogens with one attached hydrogen (secondary N) is 1. The van der Waals surface area contributed by atoms with E-state index in [0.29, 0.717) is 5.41 Å². The molecule has 1 nitrogen and oxygen atoms in total. The molecule has 0 saturated carbocycles. The lowest BCUT2D eigenvalue weighted by molar-refractivity contribution is 0.228. The molecule has 1 heteroatoms. The van der Waals surface area contributed by atoms with Crippen molar-refractivity contribution < 1.29 is 0 Å². The van der Waals surface area contributed by atoms with Crippen LogP contribution in [0.2, 0.25) is 0 Å². The van der Waals surface area contributed by atoms with Gasteiger partial charge >= 0.3 is 0 Å². The van der Waals surface area contributed by atoms with Crippen molar-refractivity contribution in [1.82, 2.24) is 5.32 Å². The highest BCUT2D eigenvalue weighted by Gasteiger charge is 2.31. The van der Waals surface area contributed by atoms with Crippen LogP contribution < -0.4 is 5.32 Å². The van der Waals surface area contributed by atoms with Crippen molar-refractivity contribution in [1.29, 1.82) is 0 Å². The summed E-state index contributed by atoms with van der Waals surface area (Å²) >= 11 is 0. The predicted octanol–water partition coefficient (Wildman–Crippen LogP) is 4.37. The number of rotatable bonds is 9. The Bertz CT molecular complexity index is 186. The lowest BCUT2D eigenvalue weighted by atomic mass is 9.76. The van der Waals surface area contributed by atoms with Gasteiger partial charge in [0.1, 0.15) is 0 Å². The molecule has 1 N–H and O–H groups in total. The topological polar surface area (TPSA) is 21.9 Å². The van der Waals surface area contributed by atoms with E-state index in [0.717, 1.165) is 12.0 Å². The fourth-order valence-corrected chi connectivity index (χ4v) is 2.76. The van der Waals surface area contributed by atoms with Crippen molar-refractivity contribution in [2.75, 3.05) is 6.54 Å². The van der Waals surface area contributed by atoms with Crippen molar-refractivity contribution >= 4 is 0 Å². The van der Waals surface area contributed by atoms with Gasteiger partial charge in [-0.1, -0.05) is 53.4 Å². The van der Waals surface area contributed by atoms with Gasteiger partial charge in [-0.2, -0.15) is 0 Å². The summed E-state index contributed by atoms with van der Waals surface area (Å²) in [5.74, 6) is 0.975. The summed E-state index contributed by atoms with van der Waals surface area (Å²) in [4.78, 5) is 0. The highest BCUT2D eigenvalue weighted by atomic mass is 15.1. The molecule has 96 valence electrons. The van der Waals surface area contributed by atoms with Gasteiger partial charge in [-0.05, 0) is 30.6 Å². The first-order chi connectivity index (χ1) is 7.63. The van der Waals surface area contributed by atoms with Crippen LogP contribution in [0.4, 0.5) is 0 Å². The van der Waals surface area contributed by atoms with Crippen LogP contribution in [0.1, 0.15) is 72.6 Å². The fraction of sp³-hybridized carbons (Fsp3) is 1.00. The van der Waals surface area contributed by atoms with Gasteiger partial charge in [0.05, 0.1) is 0 Å². The molecule has 3 atom stereocenters. The zero-order valence-corrected chi connectivity index (χ0v) is 11.8. The maximum absolute atomic E-state index is 3.45. The Labute approximate surface area is 102 Å². The van der Waals surface area contributed by atoms with E-state index < -0.39 is 0 Å². The van der Waals surface area contributed by atoms with Gasteiger partial charge in [0.15, 0.2) is 0 Å². The van der Waals surface area contributed by atoms with Crippen LogP contribution in [0.15, 0.2) is 0 Å². The van der Waals surface area contributed by atoms with E-state index in [1.165, 1.54) is 51.5 Å². The molecular weight excluding hydrogens is 194 g/mol. The van der Waals surface area contributed by atoms with Crippen molar-refractivity contribution in [3.05, 3.63) is 0 Å². The van der Waals surface area contributed by atoms with E-state index >= 15 is 0 Å². The second-order valence-corrected chi connectivity index (χ2v) is 6.08. The minimum atomic E-state index is 0.593. The van der Waals surface area contributed by atoms with Gasteiger partial charge in [0.2, 0.25) is 0 Å². The monoisotopic (exact) mass is 225 g/mol. The molecule has 16 heavy (non-hydrogen) atoms. The van der Waals surface area contributed by atoms with Crippen molar-refractivity contribution in [2.45, 2.75) is 78.7 Å². The van der Waals surface area contributed by atoms with E-state index in [2.05, 4.69) is 33.0 Å². The summed E-state index contributed by atoms with van der Waals surface area (Å²) in [6.45, 7) is 10.8. The highest BCUT2D eigenvalue weighted by molar-refractivity contribution is 4.90. The van der Waals surface area contributed by atoms with E-state index in [1.807, 2.05) is 0 Å². The minimum absolute atomic E-state index is 0.593. The average molecular weight is 225 g/mol. The number of hydrogen-bond donors (Lipinski definition) is 1. The standard InChI is InChI=1S/C15H31N/c1-5-8-13(6-2)9-10-15(4,7-3)11-14-12-16-14/h13-14,16H,5-12H2,1-4H3/t13-,14?,15?/m1/s1. The zero-order valence-electron chi connectivity index (χ0n) is 11.8. The van der Waals surface area contributed by atoms with Gasteiger partial charge in [-0.25, -0.2) is 0 Å². The summed E-state index contributed by atoms with van der Waals surface area (Å²) in [6, 6.07) is 0.844. The predicted molar refractivity (Wildman–Crippen MR) is 72.7 cm³/mol. The molecule has 1 fully saturated rings. The van der Waals surface area contributed by atoms with Crippen LogP contribution in [0.3, 0.4) is 0 Å². The zero-order chi connectivity index (χ0) is 12.0. The molecule has 0 aromatic heterocycles. The molecule has 0 aliphatic carbocycles. The van der Waals surface area contributed by atoms with Crippen molar-refractivity contribution in [3.8, 4) is 0 Å². The van der Waals surface area contributed by atoms with Crippen LogP contribution >= 0.6 is 0 Å². The second kappa shape index (κ2) is 6.64. The SMILES string of the molecule is CCC[C@@H](CC)CCC(C)(CC)CC1CN1. The van der Waals surface area contributed by atoms with E-state index in [1.54, 1.807) is 0 Å². The maximum Gasteiger partial charge on any atom is 0.0198 e. The third-order valence-electron chi connectivity index (χ3n) is 4.52. The smallest absolute Gasteiger partial charge is 0.0198 e. The fourth-order valence-electron chi connectivity index (χ4n) is 2.76. The summed E-state index contributed by atoms with van der Waals surface area (Å²) < 4.78 is 0. The summed E-state index contributed by atoms with van der Waals surface area (Å²) in [5, 5.41) is 3.45. The Hall–Kier alpha value is -0.0400. The number of hydrogen-bond acceptors (Lipinski definition) is 1. The molecule has 0 radical (unpaired) electrons. The minimum Gasteiger partial charge on any atom is -0.311 e. The molecular formula is C15H31N. The van der Waals surface area contributed by atoms with Crippen LogP contribution in [0.25, 0.3) is 0 Å². The first-order valence-corrected chi connectivity index (χ1v) is 7.37. The van der Waals surface area contributed by atoms with Crippen molar-refractivity contribution in [3.63, 3.8) is 0 Å². The van der Waals surface area contributed by atoms with Crippen LogP contribution in [0, 0.1) is 11.3 Å². The second-order valence-electron chi connectivity index (χ2n) is 6.08. The van der Waals surface area contributed by atoms with E-state index in [4.69, 9.17) is 0 Å². The van der Waals surface area contributed by atoms with Gasteiger partial charge in [0, 0.05) is 12.6 Å². The van der Waals surface area contributed by atoms with E-state index in [9.17, 15) is 0 Å². The Kier molecular flexibility index (Phi) is 5.82. The van der Waals surface area contributed by atoms with Crippen molar-refractivity contribution in [2.24, 2.45) is 11.3 Å². The molecule has 0 bridgehead atoms. The molecule has 1 aliphatic rings. The Morgan fingerprint density at radius 2 is 1.94 bits per heavy atom. The van der Waals surface area contributed by atoms with Gasteiger partial charge in [-0.3, -0.25) is 0 Å². The van der Waals surface area contributed by atoms with E-state index in [-0.39, 0.29) is 0 Å². The summed E-state index contributed by atoms with van der Waals surface area (Å²) in [7, 11) is 0. The molecule has 0 spiro atoms. The Morgan fingerprint density at radius 3 is 2.38 bits per heavy atom. The lowest BCUT2D eigenvalue weighted by Gasteiger charge is -2.30. The van der Waals surface area contributed by atoms with Crippen LogP contribution in [-0.2, 0) is 0 Å². The Balaban J connectivity index is 2.29. The lowest BCUT2D eigenvalue weighted by Crippen LogP contribution is -2.20. The average Bonchev–Trinajstić information content (AvgIpc) is 3.08. The highest BCUT2D eigenvalue weighted by Crippen LogP contribution is 2.36. The third-order valence-corrected chi connectivity index (χ3v) is 4.52. The summed E-state index contributed by atoms with van der Waals surface area (Å²) in [5.41, 5.74) is 0.593. The van der Waals surface area contributed by atoms with Crippen LogP contribution in [-0.4, -0.2) is 12.6 Å². The van der Waals surface area contributed by atoms with Gasteiger partial charge in [-0.15, -0.1) is 0 Å². The molecule has 1 saturated heterocycles. The molecule has 1 rings (SSSR count). The Morgan fingerprint density at radius 1 is 1.25 bits per heavy atom. The quantitative estimate of drug-likeness (QED) is 0.578. The summed E-state index contributed by atoms with van der Waals surface area (Å²) in [6.07, 6.45) is 9.76. The van der Waals surface area contributed by atoms with Gasteiger partial charge in [0.25, 0.3) is 0 Å².